The molecule has 1 atom stereocenters. The van der Waals surface area contributed by atoms with Gasteiger partial charge in [-0.1, -0.05) is 20.8 Å². The molecule has 0 radical (unpaired) electrons. The molecule has 2 aromatic rings. The molecule has 0 spiro atoms. The first-order valence-electron chi connectivity index (χ1n) is 6.51. The summed E-state index contributed by atoms with van der Waals surface area (Å²) in [5.41, 5.74) is 3.88. The Morgan fingerprint density at radius 1 is 1.00 bits per heavy atom. The summed E-state index contributed by atoms with van der Waals surface area (Å²) in [6, 6.07) is 8.52. The molecule has 0 bridgehead atoms. The van der Waals surface area contributed by atoms with Gasteiger partial charge in [0.15, 0.2) is 0 Å². The van der Waals surface area contributed by atoms with Crippen LogP contribution >= 0.6 is 0 Å². The molecule has 2 heterocycles. The molecule has 2 aromatic heterocycles. The molecule has 0 amide bonds. The van der Waals surface area contributed by atoms with Crippen molar-refractivity contribution in [2.75, 3.05) is 0 Å². The van der Waals surface area contributed by atoms with Crippen LogP contribution in [0.4, 0.5) is 0 Å². The van der Waals surface area contributed by atoms with E-state index in [0.717, 1.165) is 6.42 Å². The zero-order valence-electron chi connectivity index (χ0n) is 11.3. The Hall–Kier alpha value is -1.70. The standard InChI is InChI=1S/C16H20N2/c1-12(2)16-11-14(4-9-18-16)10-13(3)15-5-7-17-8-6-15/h4-9,11-13H,10H2,1-3H3. The van der Waals surface area contributed by atoms with Crippen LogP contribution in [0.1, 0.15) is 49.4 Å². The van der Waals surface area contributed by atoms with E-state index in [1.807, 2.05) is 18.6 Å². The number of hydrogen-bond acceptors (Lipinski definition) is 2. The van der Waals surface area contributed by atoms with Crippen molar-refractivity contribution in [3.8, 4) is 0 Å². The molecular formula is C16H20N2. The average molecular weight is 240 g/mol. The van der Waals surface area contributed by atoms with E-state index in [4.69, 9.17) is 0 Å². The minimum Gasteiger partial charge on any atom is -0.265 e. The van der Waals surface area contributed by atoms with Crippen LogP contribution in [0, 0.1) is 0 Å². The van der Waals surface area contributed by atoms with Crippen LogP contribution < -0.4 is 0 Å². The summed E-state index contributed by atoms with van der Waals surface area (Å²) in [7, 11) is 0. The van der Waals surface area contributed by atoms with Crippen molar-refractivity contribution >= 4 is 0 Å². The highest BCUT2D eigenvalue weighted by Gasteiger charge is 2.08. The average Bonchev–Trinajstić information content (AvgIpc) is 2.40. The first-order chi connectivity index (χ1) is 8.66. The first kappa shape index (κ1) is 12.7. The van der Waals surface area contributed by atoms with E-state index in [-0.39, 0.29) is 0 Å². The summed E-state index contributed by atoms with van der Waals surface area (Å²) in [4.78, 5) is 8.47. The second kappa shape index (κ2) is 5.76. The highest BCUT2D eigenvalue weighted by Crippen LogP contribution is 2.21. The zero-order chi connectivity index (χ0) is 13.0. The van der Waals surface area contributed by atoms with E-state index in [9.17, 15) is 0 Å². The first-order valence-corrected chi connectivity index (χ1v) is 6.51. The predicted molar refractivity (Wildman–Crippen MR) is 74.7 cm³/mol. The van der Waals surface area contributed by atoms with E-state index < -0.39 is 0 Å². The summed E-state index contributed by atoms with van der Waals surface area (Å²) in [6.45, 7) is 6.61. The van der Waals surface area contributed by atoms with Crippen LogP contribution in [-0.2, 0) is 6.42 Å². The van der Waals surface area contributed by atoms with Gasteiger partial charge >= 0.3 is 0 Å². The molecule has 94 valence electrons. The molecular weight excluding hydrogens is 220 g/mol. The lowest BCUT2D eigenvalue weighted by Gasteiger charge is -2.13. The Labute approximate surface area is 109 Å². The lowest BCUT2D eigenvalue weighted by Crippen LogP contribution is -2.01. The lowest BCUT2D eigenvalue weighted by molar-refractivity contribution is 0.747. The van der Waals surface area contributed by atoms with Gasteiger partial charge in [-0.05, 0) is 53.6 Å². The van der Waals surface area contributed by atoms with Gasteiger partial charge in [-0.15, -0.1) is 0 Å². The normalized spacial score (nSPS) is 12.7. The third-order valence-electron chi connectivity index (χ3n) is 3.25. The van der Waals surface area contributed by atoms with Gasteiger partial charge in [0.2, 0.25) is 0 Å². The van der Waals surface area contributed by atoms with Crippen molar-refractivity contribution < 1.29 is 0 Å². The highest BCUT2D eigenvalue weighted by molar-refractivity contribution is 5.23. The molecule has 0 aliphatic carbocycles. The van der Waals surface area contributed by atoms with Crippen molar-refractivity contribution in [3.63, 3.8) is 0 Å². The van der Waals surface area contributed by atoms with Gasteiger partial charge in [0, 0.05) is 24.3 Å². The molecule has 0 saturated heterocycles. The van der Waals surface area contributed by atoms with Crippen LogP contribution in [0.5, 0.6) is 0 Å². The Kier molecular flexibility index (Phi) is 4.08. The van der Waals surface area contributed by atoms with E-state index in [2.05, 4.69) is 55.0 Å². The van der Waals surface area contributed by atoms with Crippen molar-refractivity contribution in [2.24, 2.45) is 0 Å². The maximum Gasteiger partial charge on any atom is 0.0431 e. The molecule has 0 N–H and O–H groups in total. The molecule has 0 aromatic carbocycles. The summed E-state index contributed by atoms with van der Waals surface area (Å²) in [6.07, 6.45) is 6.69. The van der Waals surface area contributed by atoms with Gasteiger partial charge in [-0.3, -0.25) is 9.97 Å². The summed E-state index contributed by atoms with van der Waals surface area (Å²) < 4.78 is 0. The van der Waals surface area contributed by atoms with Gasteiger partial charge in [0.1, 0.15) is 0 Å². The number of hydrogen-bond donors (Lipinski definition) is 0. The summed E-state index contributed by atoms with van der Waals surface area (Å²) in [5.74, 6) is 0.997. The number of nitrogens with zero attached hydrogens (tertiary/aromatic N) is 2. The molecule has 0 aliphatic heterocycles. The molecule has 2 heteroatoms. The quantitative estimate of drug-likeness (QED) is 0.808. The Morgan fingerprint density at radius 3 is 2.39 bits per heavy atom. The Bertz CT molecular complexity index is 491. The largest absolute Gasteiger partial charge is 0.265 e. The molecule has 0 fully saturated rings. The minimum atomic E-state index is 0.487. The zero-order valence-corrected chi connectivity index (χ0v) is 11.3. The van der Waals surface area contributed by atoms with Crippen LogP contribution in [0.3, 0.4) is 0 Å². The van der Waals surface area contributed by atoms with Crippen molar-refractivity contribution in [3.05, 3.63) is 59.7 Å². The molecule has 0 saturated carbocycles. The van der Waals surface area contributed by atoms with Crippen molar-refractivity contribution in [2.45, 2.75) is 39.0 Å². The van der Waals surface area contributed by atoms with E-state index in [1.54, 1.807) is 0 Å². The van der Waals surface area contributed by atoms with E-state index >= 15 is 0 Å². The third-order valence-corrected chi connectivity index (χ3v) is 3.25. The Morgan fingerprint density at radius 2 is 1.72 bits per heavy atom. The van der Waals surface area contributed by atoms with Crippen LogP contribution in [0.25, 0.3) is 0 Å². The predicted octanol–water partition coefficient (Wildman–Crippen LogP) is 3.95. The fourth-order valence-corrected chi connectivity index (χ4v) is 2.10. The number of rotatable bonds is 4. The van der Waals surface area contributed by atoms with E-state index in [1.165, 1.54) is 16.8 Å². The van der Waals surface area contributed by atoms with E-state index in [0.29, 0.717) is 11.8 Å². The van der Waals surface area contributed by atoms with Gasteiger partial charge in [-0.25, -0.2) is 0 Å². The van der Waals surface area contributed by atoms with Crippen molar-refractivity contribution in [1.82, 2.24) is 9.97 Å². The molecule has 2 rings (SSSR count). The minimum absolute atomic E-state index is 0.487. The highest BCUT2D eigenvalue weighted by atomic mass is 14.7. The molecule has 2 nitrogen and oxygen atoms in total. The monoisotopic (exact) mass is 240 g/mol. The van der Waals surface area contributed by atoms with Gasteiger partial charge in [0.05, 0.1) is 0 Å². The third kappa shape index (κ3) is 3.16. The maximum atomic E-state index is 4.41. The second-order valence-corrected chi connectivity index (χ2v) is 5.13. The fraction of sp³-hybridized carbons (Fsp3) is 0.375. The van der Waals surface area contributed by atoms with Crippen LogP contribution in [-0.4, -0.2) is 9.97 Å². The molecule has 18 heavy (non-hydrogen) atoms. The number of pyridine rings is 2. The van der Waals surface area contributed by atoms with Crippen LogP contribution in [0.15, 0.2) is 42.9 Å². The maximum absolute atomic E-state index is 4.41. The molecule has 1 unspecified atom stereocenters. The van der Waals surface area contributed by atoms with Gasteiger partial charge in [0.25, 0.3) is 0 Å². The fourth-order valence-electron chi connectivity index (χ4n) is 2.10. The summed E-state index contributed by atoms with van der Waals surface area (Å²) in [5, 5.41) is 0. The SMILES string of the molecule is CC(C)c1cc(CC(C)c2ccncc2)ccn1. The van der Waals surface area contributed by atoms with Crippen LogP contribution in [0.2, 0.25) is 0 Å². The lowest BCUT2D eigenvalue weighted by atomic mass is 9.94. The topological polar surface area (TPSA) is 25.8 Å². The number of aromatic nitrogens is 2. The molecule has 0 aliphatic rings. The van der Waals surface area contributed by atoms with Gasteiger partial charge in [-0.2, -0.15) is 0 Å². The van der Waals surface area contributed by atoms with Crippen molar-refractivity contribution in [1.29, 1.82) is 0 Å². The summed E-state index contributed by atoms with van der Waals surface area (Å²) >= 11 is 0. The second-order valence-electron chi connectivity index (χ2n) is 5.13. The smallest absolute Gasteiger partial charge is 0.0431 e. The van der Waals surface area contributed by atoms with Gasteiger partial charge < -0.3 is 0 Å². The Balaban J connectivity index is 2.12.